The lowest BCUT2D eigenvalue weighted by Gasteiger charge is -2.21. The number of hydrogen-bond donors (Lipinski definition) is 2. The SMILES string of the molecule is CCC(C)C(Nc1ccc(Br)cc1)C(=O)O. The van der Waals surface area contributed by atoms with E-state index in [0.29, 0.717) is 0 Å². The van der Waals surface area contributed by atoms with Gasteiger partial charge in [0.1, 0.15) is 6.04 Å². The summed E-state index contributed by atoms with van der Waals surface area (Å²) < 4.78 is 0.980. The maximum absolute atomic E-state index is 11.1. The minimum Gasteiger partial charge on any atom is -0.480 e. The van der Waals surface area contributed by atoms with Crippen LogP contribution in [0.15, 0.2) is 28.7 Å². The van der Waals surface area contributed by atoms with Crippen molar-refractivity contribution >= 4 is 27.6 Å². The van der Waals surface area contributed by atoms with Crippen LogP contribution in [0.4, 0.5) is 5.69 Å². The van der Waals surface area contributed by atoms with Crippen LogP contribution in [0.25, 0.3) is 0 Å². The highest BCUT2D eigenvalue weighted by Crippen LogP contribution is 2.18. The summed E-state index contributed by atoms with van der Waals surface area (Å²) in [5.41, 5.74) is 0.830. The average molecular weight is 286 g/mol. The molecule has 16 heavy (non-hydrogen) atoms. The molecule has 1 rings (SSSR count). The highest BCUT2D eigenvalue weighted by atomic mass is 79.9. The fourth-order valence-electron chi connectivity index (χ4n) is 1.41. The number of rotatable bonds is 5. The van der Waals surface area contributed by atoms with E-state index in [1.807, 2.05) is 38.1 Å². The normalized spacial score (nSPS) is 14.2. The molecular formula is C12H16BrNO2. The predicted octanol–water partition coefficient (Wildman–Crippen LogP) is 3.36. The maximum atomic E-state index is 11.1. The Morgan fingerprint density at radius 1 is 1.44 bits per heavy atom. The van der Waals surface area contributed by atoms with Gasteiger partial charge in [0.2, 0.25) is 0 Å². The van der Waals surface area contributed by atoms with Gasteiger partial charge in [-0.1, -0.05) is 36.2 Å². The van der Waals surface area contributed by atoms with Crippen molar-refractivity contribution in [3.63, 3.8) is 0 Å². The minimum atomic E-state index is -0.808. The average Bonchev–Trinajstić information content (AvgIpc) is 2.27. The second-order valence-corrected chi connectivity index (χ2v) is 4.77. The molecular weight excluding hydrogens is 270 g/mol. The summed E-state index contributed by atoms with van der Waals surface area (Å²) in [5.74, 6) is -0.710. The fraction of sp³-hybridized carbons (Fsp3) is 0.417. The number of halogens is 1. The molecule has 0 heterocycles. The first-order chi connectivity index (χ1) is 7.54. The monoisotopic (exact) mass is 285 g/mol. The van der Waals surface area contributed by atoms with Crippen molar-refractivity contribution in [2.24, 2.45) is 5.92 Å². The van der Waals surface area contributed by atoms with E-state index in [2.05, 4.69) is 21.2 Å². The molecule has 0 aliphatic heterocycles. The number of carboxylic acid groups (broad SMARTS) is 1. The molecule has 0 aliphatic rings. The van der Waals surface area contributed by atoms with Gasteiger partial charge in [0, 0.05) is 10.2 Å². The van der Waals surface area contributed by atoms with Crippen LogP contribution in [0.1, 0.15) is 20.3 Å². The topological polar surface area (TPSA) is 49.3 Å². The van der Waals surface area contributed by atoms with Crippen LogP contribution >= 0.6 is 15.9 Å². The van der Waals surface area contributed by atoms with Crippen molar-refractivity contribution in [3.8, 4) is 0 Å². The number of carboxylic acids is 1. The van der Waals surface area contributed by atoms with E-state index in [-0.39, 0.29) is 5.92 Å². The van der Waals surface area contributed by atoms with Crippen molar-refractivity contribution in [3.05, 3.63) is 28.7 Å². The molecule has 1 aromatic rings. The van der Waals surface area contributed by atoms with E-state index in [9.17, 15) is 4.79 Å². The summed E-state index contributed by atoms with van der Waals surface area (Å²) in [5, 5.41) is 12.2. The van der Waals surface area contributed by atoms with Gasteiger partial charge in [-0.3, -0.25) is 0 Å². The summed E-state index contributed by atoms with van der Waals surface area (Å²) >= 11 is 3.34. The molecule has 1 aromatic carbocycles. The number of hydrogen-bond acceptors (Lipinski definition) is 2. The van der Waals surface area contributed by atoms with Gasteiger partial charge in [0.25, 0.3) is 0 Å². The van der Waals surface area contributed by atoms with Gasteiger partial charge in [0.15, 0.2) is 0 Å². The van der Waals surface area contributed by atoms with Crippen molar-refractivity contribution in [2.45, 2.75) is 26.3 Å². The number of benzene rings is 1. The molecule has 4 heteroatoms. The fourth-order valence-corrected chi connectivity index (χ4v) is 1.67. The Morgan fingerprint density at radius 3 is 2.44 bits per heavy atom. The summed E-state index contributed by atoms with van der Waals surface area (Å²) in [4.78, 5) is 11.1. The number of carbonyl (C=O) groups is 1. The summed E-state index contributed by atoms with van der Waals surface area (Å²) in [6, 6.07) is 6.96. The van der Waals surface area contributed by atoms with E-state index in [1.54, 1.807) is 0 Å². The molecule has 0 amide bonds. The summed E-state index contributed by atoms with van der Waals surface area (Å²) in [6.07, 6.45) is 0.834. The van der Waals surface area contributed by atoms with Gasteiger partial charge in [-0.2, -0.15) is 0 Å². The maximum Gasteiger partial charge on any atom is 0.326 e. The Labute approximate surface area is 104 Å². The Balaban J connectivity index is 2.75. The van der Waals surface area contributed by atoms with Crippen LogP contribution in [-0.2, 0) is 4.79 Å². The van der Waals surface area contributed by atoms with Crippen molar-refractivity contribution < 1.29 is 9.90 Å². The zero-order valence-corrected chi connectivity index (χ0v) is 11.0. The Hall–Kier alpha value is -1.03. The summed E-state index contributed by atoms with van der Waals surface area (Å²) in [7, 11) is 0. The van der Waals surface area contributed by atoms with Crippen LogP contribution in [-0.4, -0.2) is 17.1 Å². The molecule has 0 radical (unpaired) electrons. The quantitative estimate of drug-likeness (QED) is 0.872. The van der Waals surface area contributed by atoms with Crippen LogP contribution in [0.2, 0.25) is 0 Å². The van der Waals surface area contributed by atoms with E-state index in [1.165, 1.54) is 0 Å². The van der Waals surface area contributed by atoms with Crippen molar-refractivity contribution in [1.29, 1.82) is 0 Å². The highest BCUT2D eigenvalue weighted by molar-refractivity contribution is 9.10. The van der Waals surface area contributed by atoms with Gasteiger partial charge >= 0.3 is 5.97 Å². The molecule has 2 unspecified atom stereocenters. The van der Waals surface area contributed by atoms with Crippen LogP contribution in [0.3, 0.4) is 0 Å². The number of nitrogens with one attached hydrogen (secondary N) is 1. The van der Waals surface area contributed by atoms with Gasteiger partial charge in [-0.15, -0.1) is 0 Å². The smallest absolute Gasteiger partial charge is 0.326 e. The molecule has 0 spiro atoms. The molecule has 0 saturated heterocycles. The molecule has 88 valence electrons. The highest BCUT2D eigenvalue weighted by Gasteiger charge is 2.22. The first-order valence-corrected chi connectivity index (χ1v) is 6.08. The molecule has 0 aromatic heterocycles. The van der Waals surface area contributed by atoms with Gasteiger partial charge in [0.05, 0.1) is 0 Å². The molecule has 0 saturated carbocycles. The van der Waals surface area contributed by atoms with Gasteiger partial charge in [-0.05, 0) is 30.2 Å². The standard InChI is InChI=1S/C12H16BrNO2/c1-3-8(2)11(12(15)16)14-10-6-4-9(13)5-7-10/h4-8,11,14H,3H2,1-2H3,(H,15,16). The molecule has 2 N–H and O–H groups in total. The van der Waals surface area contributed by atoms with Crippen molar-refractivity contribution in [2.75, 3.05) is 5.32 Å². The van der Waals surface area contributed by atoms with Gasteiger partial charge < -0.3 is 10.4 Å². The third kappa shape index (κ3) is 3.52. The van der Waals surface area contributed by atoms with Crippen LogP contribution in [0, 0.1) is 5.92 Å². The van der Waals surface area contributed by atoms with Crippen LogP contribution < -0.4 is 5.32 Å². The Morgan fingerprint density at radius 2 is 2.00 bits per heavy atom. The Bertz CT molecular complexity index is 351. The minimum absolute atomic E-state index is 0.0983. The van der Waals surface area contributed by atoms with E-state index in [0.717, 1.165) is 16.6 Å². The third-order valence-corrected chi connectivity index (χ3v) is 3.17. The lowest BCUT2D eigenvalue weighted by Crippen LogP contribution is -2.35. The molecule has 0 bridgehead atoms. The zero-order valence-electron chi connectivity index (χ0n) is 9.40. The summed E-state index contributed by atoms with van der Waals surface area (Å²) in [6.45, 7) is 3.93. The number of anilines is 1. The molecule has 0 fully saturated rings. The lowest BCUT2D eigenvalue weighted by molar-refractivity contribution is -0.139. The second-order valence-electron chi connectivity index (χ2n) is 3.85. The van der Waals surface area contributed by atoms with E-state index >= 15 is 0 Å². The first-order valence-electron chi connectivity index (χ1n) is 5.29. The van der Waals surface area contributed by atoms with Crippen molar-refractivity contribution in [1.82, 2.24) is 0 Å². The molecule has 2 atom stereocenters. The van der Waals surface area contributed by atoms with E-state index in [4.69, 9.17) is 5.11 Å². The zero-order chi connectivity index (χ0) is 12.1. The largest absolute Gasteiger partial charge is 0.480 e. The lowest BCUT2D eigenvalue weighted by atomic mass is 9.99. The molecule has 3 nitrogen and oxygen atoms in total. The van der Waals surface area contributed by atoms with Crippen LogP contribution in [0.5, 0.6) is 0 Å². The Kier molecular flexibility index (Phi) is 4.80. The molecule has 0 aliphatic carbocycles. The van der Waals surface area contributed by atoms with Gasteiger partial charge in [-0.25, -0.2) is 4.79 Å². The second kappa shape index (κ2) is 5.89. The third-order valence-electron chi connectivity index (χ3n) is 2.65. The predicted molar refractivity (Wildman–Crippen MR) is 68.6 cm³/mol. The number of aliphatic carboxylic acids is 1. The van der Waals surface area contributed by atoms with E-state index < -0.39 is 12.0 Å². The first kappa shape index (κ1) is 13.0.